The second-order valence-corrected chi connectivity index (χ2v) is 10.4. The van der Waals surface area contributed by atoms with Crippen molar-refractivity contribution in [2.45, 2.75) is 45.5 Å². The van der Waals surface area contributed by atoms with Gasteiger partial charge in [0.1, 0.15) is 5.75 Å². The number of fused-ring (bicyclic) bond motifs is 3. The zero-order valence-electron chi connectivity index (χ0n) is 21.2. The van der Waals surface area contributed by atoms with Crippen LogP contribution in [0.4, 0.5) is 11.4 Å². The number of phenolic OH excluding ortho intramolecular Hbond substituents is 1. The van der Waals surface area contributed by atoms with Crippen molar-refractivity contribution in [1.82, 2.24) is 0 Å². The summed E-state index contributed by atoms with van der Waals surface area (Å²) in [5, 5.41) is 32.0. The zero-order valence-corrected chi connectivity index (χ0v) is 21.2. The average molecular weight is 516 g/mol. The summed E-state index contributed by atoms with van der Waals surface area (Å²) in [5.74, 6) is -2.14. The molecule has 2 aromatic rings. The summed E-state index contributed by atoms with van der Waals surface area (Å²) in [4.78, 5) is 38.9. The normalized spacial score (nSPS) is 25.5. The quantitative estimate of drug-likeness (QED) is 0.190. The molecule has 0 unspecified atom stereocenters. The van der Waals surface area contributed by atoms with Crippen LogP contribution in [0.1, 0.15) is 38.7 Å². The summed E-state index contributed by atoms with van der Waals surface area (Å²) in [6.07, 6.45) is 3.33. The van der Waals surface area contributed by atoms with E-state index in [4.69, 9.17) is 4.65 Å². The lowest BCUT2D eigenvalue weighted by Gasteiger charge is -2.42. The minimum atomic E-state index is -1.07. The molecule has 4 atom stereocenters. The van der Waals surface area contributed by atoms with Crippen LogP contribution in [0.3, 0.4) is 0 Å². The van der Waals surface area contributed by atoms with Gasteiger partial charge in [-0.3, -0.25) is 19.7 Å². The monoisotopic (exact) mass is 516 g/mol. The number of phenols is 1. The molecule has 10 heteroatoms. The molecule has 2 heterocycles. The maximum absolute atomic E-state index is 13.7. The summed E-state index contributed by atoms with van der Waals surface area (Å²) in [5.41, 5.74) is 3.70. The molecule has 2 aromatic carbocycles. The number of rotatable bonds is 6. The van der Waals surface area contributed by atoms with Gasteiger partial charge in [0.2, 0.25) is 11.8 Å². The van der Waals surface area contributed by atoms with E-state index < -0.39 is 30.0 Å². The molecule has 0 radical (unpaired) electrons. The highest BCUT2D eigenvalue weighted by atomic mass is 16.6. The van der Waals surface area contributed by atoms with Gasteiger partial charge in [0.25, 0.3) is 5.69 Å². The number of non-ortho nitro benzene ring substituents is 1. The minimum Gasteiger partial charge on any atom is -0.507 e. The van der Waals surface area contributed by atoms with E-state index in [1.165, 1.54) is 24.3 Å². The number of imide groups is 1. The van der Waals surface area contributed by atoms with Gasteiger partial charge in [-0.2, -0.15) is 0 Å². The van der Waals surface area contributed by atoms with E-state index in [9.17, 15) is 29.8 Å². The van der Waals surface area contributed by atoms with E-state index in [0.29, 0.717) is 19.3 Å². The number of anilines is 1. The lowest BCUT2D eigenvalue weighted by atomic mass is 9.59. The van der Waals surface area contributed by atoms with E-state index in [2.05, 4.69) is 0 Å². The Labute approximate surface area is 220 Å². The third-order valence-electron chi connectivity index (χ3n) is 7.89. The Kier molecular flexibility index (Phi) is 6.94. The number of benzene rings is 2. The second kappa shape index (κ2) is 10.2. The molecule has 2 saturated heterocycles. The predicted octanol–water partition coefficient (Wildman–Crippen LogP) is 4.51. The van der Waals surface area contributed by atoms with Crippen molar-refractivity contribution in [2.75, 3.05) is 4.90 Å². The first kappa shape index (κ1) is 25.9. The lowest BCUT2D eigenvalue weighted by molar-refractivity contribution is -0.384. The number of amides is 2. The summed E-state index contributed by atoms with van der Waals surface area (Å²) in [6.45, 7) is 3.92. The van der Waals surface area contributed by atoms with E-state index in [-0.39, 0.29) is 41.2 Å². The minimum absolute atomic E-state index is 0.192. The number of carbonyl (C=O) groups is 2. The van der Waals surface area contributed by atoms with E-state index >= 15 is 0 Å². The molecule has 5 rings (SSSR count). The molecule has 0 spiro atoms. The Balaban J connectivity index is 1.40. The van der Waals surface area contributed by atoms with Crippen molar-refractivity contribution in [2.24, 2.45) is 17.8 Å². The van der Waals surface area contributed by atoms with Crippen molar-refractivity contribution in [3.8, 4) is 5.75 Å². The van der Waals surface area contributed by atoms with Gasteiger partial charge in [-0.1, -0.05) is 41.5 Å². The lowest BCUT2D eigenvalue weighted by Crippen LogP contribution is -2.46. The van der Waals surface area contributed by atoms with E-state index in [0.717, 1.165) is 27.2 Å². The molecule has 0 bridgehead atoms. The van der Waals surface area contributed by atoms with E-state index in [1.54, 1.807) is 12.1 Å². The first-order chi connectivity index (χ1) is 18.2. The topological polar surface area (TPSA) is 130 Å². The molecule has 0 saturated carbocycles. The maximum atomic E-state index is 13.7. The summed E-state index contributed by atoms with van der Waals surface area (Å²) < 4.78 is 5.95. The fourth-order valence-electron chi connectivity index (χ4n) is 6.23. The molecular weight excluding hydrogens is 487 g/mol. The van der Waals surface area contributed by atoms with Crippen molar-refractivity contribution in [3.63, 3.8) is 0 Å². The zero-order chi connectivity index (χ0) is 27.1. The van der Waals surface area contributed by atoms with Crippen LogP contribution >= 0.6 is 0 Å². The Morgan fingerprint density at radius 3 is 2.68 bits per heavy atom. The fraction of sp³-hybridized carbons (Fsp3) is 0.357. The third-order valence-corrected chi connectivity index (χ3v) is 7.89. The molecule has 9 nitrogen and oxygen atoms in total. The smallest absolute Gasteiger partial charge is 0.455 e. The molecule has 0 aromatic heterocycles. The Morgan fingerprint density at radius 1 is 1.18 bits per heavy atom. The summed E-state index contributed by atoms with van der Waals surface area (Å²) in [6, 6.07) is 12.6. The Bertz CT molecular complexity index is 1370. The molecular formula is C28H29BN2O7. The number of nitro benzene ring substituents is 1. The highest BCUT2D eigenvalue weighted by Crippen LogP contribution is 2.51. The average Bonchev–Trinajstić information content (AvgIpc) is 3.13. The Hall–Kier alpha value is -3.76. The van der Waals surface area contributed by atoms with Crippen molar-refractivity contribution >= 4 is 36.4 Å². The standard InChI is InChI=1S/C28H29BN2O7/c1-16(12-18-6-3-4-9-23(18)32)10-11-24-25-17(2)13-21-26(22(25)15-29(35)38-24)28(34)30(27(21)33)19-7-5-8-20(14-19)31(36)37/h3-9,12,14,21-22,24,26,32,35H,10-11,13,15H2,1-2H3/b16-12+/t21-,22+,24-,26-/m1/s1. The molecule has 2 N–H and O–H groups in total. The molecule has 3 aliphatic rings. The summed E-state index contributed by atoms with van der Waals surface area (Å²) in [7, 11) is -1.07. The van der Waals surface area contributed by atoms with Gasteiger partial charge in [-0.05, 0) is 63.1 Å². The third kappa shape index (κ3) is 4.65. The highest BCUT2D eigenvalue weighted by molar-refractivity contribution is 6.43. The molecule has 2 fully saturated rings. The van der Waals surface area contributed by atoms with Crippen LogP contribution in [0.2, 0.25) is 6.32 Å². The van der Waals surface area contributed by atoms with Gasteiger partial charge in [-0.25, -0.2) is 4.90 Å². The summed E-state index contributed by atoms with van der Waals surface area (Å²) >= 11 is 0. The van der Waals surface area contributed by atoms with E-state index in [1.807, 2.05) is 32.1 Å². The largest absolute Gasteiger partial charge is 0.507 e. The first-order valence-corrected chi connectivity index (χ1v) is 12.8. The first-order valence-electron chi connectivity index (χ1n) is 12.8. The van der Waals surface area contributed by atoms with Crippen LogP contribution in [-0.4, -0.2) is 40.1 Å². The maximum Gasteiger partial charge on any atom is 0.455 e. The van der Waals surface area contributed by atoms with Crippen LogP contribution in [-0.2, 0) is 14.2 Å². The Morgan fingerprint density at radius 2 is 1.95 bits per heavy atom. The molecule has 196 valence electrons. The van der Waals surface area contributed by atoms with Gasteiger partial charge in [-0.15, -0.1) is 0 Å². The number of aromatic hydroxyl groups is 1. The number of nitrogens with zero attached hydrogens (tertiary/aromatic N) is 2. The number of carbonyl (C=O) groups excluding carboxylic acids is 2. The van der Waals surface area contributed by atoms with Crippen LogP contribution < -0.4 is 4.90 Å². The van der Waals surface area contributed by atoms with Crippen LogP contribution in [0.5, 0.6) is 5.75 Å². The van der Waals surface area contributed by atoms with Crippen LogP contribution in [0, 0.1) is 27.9 Å². The van der Waals surface area contributed by atoms with Crippen LogP contribution in [0.15, 0.2) is 65.3 Å². The number of hydrogen-bond donors (Lipinski definition) is 2. The highest BCUT2D eigenvalue weighted by Gasteiger charge is 2.57. The van der Waals surface area contributed by atoms with Gasteiger partial charge < -0.3 is 14.8 Å². The van der Waals surface area contributed by atoms with Crippen LogP contribution in [0.25, 0.3) is 6.08 Å². The number of para-hydroxylation sites is 1. The molecule has 2 amide bonds. The predicted molar refractivity (Wildman–Crippen MR) is 142 cm³/mol. The SMILES string of the molecule is CC1=C2[C@@H](CC/C(C)=C/c3ccccc3O)OB(O)C[C@@H]2[C@@H]2C(=O)N(c3cccc([N+](=O)[O-])c3)C(=O)[C@@H]2C1. The molecule has 38 heavy (non-hydrogen) atoms. The number of hydrogen-bond acceptors (Lipinski definition) is 7. The second-order valence-electron chi connectivity index (χ2n) is 10.4. The fourth-order valence-corrected chi connectivity index (χ4v) is 6.23. The molecule has 2 aliphatic heterocycles. The van der Waals surface area contributed by atoms with Crippen molar-refractivity contribution < 1.29 is 29.3 Å². The number of allylic oxidation sites excluding steroid dienone is 2. The van der Waals surface area contributed by atoms with Crippen molar-refractivity contribution in [3.05, 3.63) is 80.9 Å². The van der Waals surface area contributed by atoms with Gasteiger partial charge >= 0.3 is 7.12 Å². The van der Waals surface area contributed by atoms with Crippen molar-refractivity contribution in [1.29, 1.82) is 0 Å². The van der Waals surface area contributed by atoms with Gasteiger partial charge in [0.05, 0.1) is 28.6 Å². The number of nitro groups is 1. The van der Waals surface area contributed by atoms with Gasteiger partial charge in [0, 0.05) is 17.7 Å². The molecule has 1 aliphatic carbocycles. The van der Waals surface area contributed by atoms with Gasteiger partial charge in [0.15, 0.2) is 0 Å².